The number of hydrogen-bond acceptors (Lipinski definition) is 5. The molecule has 0 amide bonds. The van der Waals surface area contributed by atoms with Gasteiger partial charge in [-0.25, -0.2) is 0 Å². The van der Waals surface area contributed by atoms with Crippen molar-refractivity contribution < 1.29 is 20.1 Å². The molecule has 6 N–H and O–H groups in total. The molecular formula is C19H25ClN2O4. The Morgan fingerprint density at radius 3 is 2.35 bits per heavy atom. The number of rotatable bonds is 6. The first-order valence-corrected chi connectivity index (χ1v) is 8.52. The second-order valence-electron chi connectivity index (χ2n) is 5.90. The number of phenols is 1. The number of carbonyl (C=O) groups is 1. The summed E-state index contributed by atoms with van der Waals surface area (Å²) < 4.78 is 0. The zero-order valence-corrected chi connectivity index (χ0v) is 15.6. The molecule has 0 aromatic heterocycles. The minimum atomic E-state index is -0.833. The van der Waals surface area contributed by atoms with Crippen LogP contribution >= 0.6 is 11.6 Å². The summed E-state index contributed by atoms with van der Waals surface area (Å²) >= 11 is 5.99. The molecule has 142 valence electrons. The third kappa shape index (κ3) is 7.74. The van der Waals surface area contributed by atoms with Gasteiger partial charge in [0.2, 0.25) is 0 Å². The third-order valence-corrected chi connectivity index (χ3v) is 3.98. The number of carboxylic acids is 1. The standard InChI is InChI=1S/C17H21ClN2O2.C2H4O2/c1-11(17(22)13-3-5-14(21)6-4-13)20-9-8-12-2-7-16(19)15(18)10-12;1-2(3)4/h2-7,10-11,17,20-22H,8-9,19H2,1H3;1H3,(H,3,4)/t11-,17-;/m0./s1. The lowest BCUT2D eigenvalue weighted by Crippen LogP contribution is -2.33. The average Bonchev–Trinajstić information content (AvgIpc) is 2.57. The first-order chi connectivity index (χ1) is 12.2. The van der Waals surface area contributed by atoms with Crippen LogP contribution in [0.4, 0.5) is 5.69 Å². The van der Waals surface area contributed by atoms with E-state index in [9.17, 15) is 10.2 Å². The summed E-state index contributed by atoms with van der Waals surface area (Å²) in [6.45, 7) is 3.73. The number of benzene rings is 2. The minimum Gasteiger partial charge on any atom is -0.508 e. The highest BCUT2D eigenvalue weighted by Gasteiger charge is 2.15. The maximum Gasteiger partial charge on any atom is 0.300 e. The van der Waals surface area contributed by atoms with Gasteiger partial charge < -0.3 is 26.4 Å². The Labute approximate surface area is 158 Å². The van der Waals surface area contributed by atoms with E-state index in [-0.39, 0.29) is 11.8 Å². The molecular weight excluding hydrogens is 356 g/mol. The SMILES string of the molecule is CC(=O)O.C[C@H](NCCc1ccc(N)c(Cl)c1)[C@H](O)c1ccc(O)cc1. The molecule has 0 aliphatic heterocycles. The number of phenolic OH excluding ortho intramolecular Hbond substituents is 1. The predicted molar refractivity (Wildman–Crippen MR) is 103 cm³/mol. The number of anilines is 1. The van der Waals surface area contributed by atoms with E-state index < -0.39 is 12.1 Å². The topological polar surface area (TPSA) is 116 Å². The normalized spacial score (nSPS) is 12.6. The molecule has 2 aromatic rings. The summed E-state index contributed by atoms with van der Waals surface area (Å²) in [5.74, 6) is -0.642. The van der Waals surface area contributed by atoms with Gasteiger partial charge in [-0.3, -0.25) is 4.79 Å². The monoisotopic (exact) mass is 380 g/mol. The van der Waals surface area contributed by atoms with E-state index in [0.717, 1.165) is 31.0 Å². The van der Waals surface area contributed by atoms with Gasteiger partial charge in [0.05, 0.1) is 16.8 Å². The molecule has 0 unspecified atom stereocenters. The van der Waals surface area contributed by atoms with E-state index in [0.29, 0.717) is 10.7 Å². The zero-order chi connectivity index (χ0) is 19.7. The molecule has 0 heterocycles. The quantitative estimate of drug-likeness (QED) is 0.492. The molecule has 6 nitrogen and oxygen atoms in total. The van der Waals surface area contributed by atoms with Crippen LogP contribution in [0.1, 0.15) is 31.1 Å². The van der Waals surface area contributed by atoms with Gasteiger partial charge >= 0.3 is 0 Å². The van der Waals surface area contributed by atoms with Crippen LogP contribution in [0.25, 0.3) is 0 Å². The lowest BCUT2D eigenvalue weighted by atomic mass is 10.0. The Morgan fingerprint density at radius 1 is 1.23 bits per heavy atom. The van der Waals surface area contributed by atoms with Crippen LogP contribution in [0.3, 0.4) is 0 Å². The molecule has 0 radical (unpaired) electrons. The van der Waals surface area contributed by atoms with Crippen molar-refractivity contribution in [2.75, 3.05) is 12.3 Å². The summed E-state index contributed by atoms with van der Waals surface area (Å²) in [7, 11) is 0. The lowest BCUT2D eigenvalue weighted by molar-refractivity contribution is -0.134. The number of hydrogen-bond donors (Lipinski definition) is 5. The number of nitrogens with two attached hydrogens (primary N) is 1. The highest BCUT2D eigenvalue weighted by Crippen LogP contribution is 2.21. The third-order valence-electron chi connectivity index (χ3n) is 3.65. The van der Waals surface area contributed by atoms with Crippen LogP contribution in [-0.4, -0.2) is 33.9 Å². The Morgan fingerprint density at radius 2 is 1.81 bits per heavy atom. The van der Waals surface area contributed by atoms with E-state index in [1.165, 1.54) is 0 Å². The number of aliphatic hydroxyl groups excluding tert-OH is 1. The van der Waals surface area contributed by atoms with Crippen LogP contribution in [-0.2, 0) is 11.2 Å². The smallest absolute Gasteiger partial charge is 0.300 e. The zero-order valence-electron chi connectivity index (χ0n) is 14.8. The van der Waals surface area contributed by atoms with Crippen LogP contribution in [0.15, 0.2) is 42.5 Å². The van der Waals surface area contributed by atoms with Gasteiger partial charge in [-0.15, -0.1) is 0 Å². The Hall–Kier alpha value is -2.28. The van der Waals surface area contributed by atoms with Gasteiger partial charge in [-0.2, -0.15) is 0 Å². The first-order valence-electron chi connectivity index (χ1n) is 8.14. The van der Waals surface area contributed by atoms with Gasteiger partial charge in [-0.1, -0.05) is 29.8 Å². The maximum atomic E-state index is 10.3. The molecule has 2 aromatic carbocycles. The fourth-order valence-corrected chi connectivity index (χ4v) is 2.45. The van der Waals surface area contributed by atoms with E-state index in [1.807, 2.05) is 19.1 Å². The molecule has 0 aliphatic carbocycles. The van der Waals surface area contributed by atoms with Crippen molar-refractivity contribution in [3.8, 4) is 5.75 Å². The van der Waals surface area contributed by atoms with Crippen molar-refractivity contribution >= 4 is 23.3 Å². The lowest BCUT2D eigenvalue weighted by Gasteiger charge is -2.21. The highest BCUT2D eigenvalue weighted by atomic mass is 35.5. The van der Waals surface area contributed by atoms with Crippen LogP contribution in [0.5, 0.6) is 5.75 Å². The summed E-state index contributed by atoms with van der Waals surface area (Å²) in [5.41, 5.74) is 8.13. The number of nitrogens with one attached hydrogen (secondary N) is 1. The Kier molecular flexibility index (Phi) is 8.92. The van der Waals surface area contributed by atoms with Gasteiger partial charge in [0, 0.05) is 13.0 Å². The second-order valence-corrected chi connectivity index (χ2v) is 6.31. The number of aliphatic hydroxyl groups is 1. The molecule has 0 saturated heterocycles. The molecule has 26 heavy (non-hydrogen) atoms. The molecule has 0 bridgehead atoms. The van der Waals surface area contributed by atoms with Crippen LogP contribution in [0.2, 0.25) is 5.02 Å². The van der Waals surface area contributed by atoms with E-state index in [4.69, 9.17) is 27.2 Å². The molecule has 0 spiro atoms. The van der Waals surface area contributed by atoms with Crippen molar-refractivity contribution in [3.05, 3.63) is 58.6 Å². The molecule has 0 fully saturated rings. The van der Waals surface area contributed by atoms with Crippen molar-refractivity contribution in [2.24, 2.45) is 0 Å². The largest absolute Gasteiger partial charge is 0.508 e. The summed E-state index contributed by atoms with van der Waals surface area (Å²) in [5, 5.41) is 30.8. The van der Waals surface area contributed by atoms with Gasteiger partial charge in [0.15, 0.2) is 0 Å². The van der Waals surface area contributed by atoms with E-state index in [2.05, 4.69) is 5.32 Å². The van der Waals surface area contributed by atoms with Crippen molar-refractivity contribution in [1.82, 2.24) is 5.32 Å². The molecule has 2 atom stereocenters. The average molecular weight is 381 g/mol. The second kappa shape index (κ2) is 10.7. The highest BCUT2D eigenvalue weighted by molar-refractivity contribution is 6.33. The summed E-state index contributed by atoms with van der Waals surface area (Å²) in [6, 6.07) is 12.1. The molecule has 0 saturated carbocycles. The number of halogens is 1. The molecule has 2 rings (SSSR count). The van der Waals surface area contributed by atoms with E-state index >= 15 is 0 Å². The minimum absolute atomic E-state index is 0.103. The Bertz CT molecular complexity index is 703. The maximum absolute atomic E-state index is 10.3. The number of aliphatic carboxylic acids is 1. The number of aromatic hydroxyl groups is 1. The fourth-order valence-electron chi connectivity index (χ4n) is 2.24. The number of carboxylic acid groups (broad SMARTS) is 1. The number of nitrogen functional groups attached to an aromatic ring is 1. The van der Waals surface area contributed by atoms with Gasteiger partial charge in [0.1, 0.15) is 5.75 Å². The molecule has 7 heteroatoms. The van der Waals surface area contributed by atoms with Crippen LogP contribution < -0.4 is 11.1 Å². The Balaban J connectivity index is 0.000000765. The first kappa shape index (κ1) is 21.8. The van der Waals surface area contributed by atoms with Crippen molar-refractivity contribution in [3.63, 3.8) is 0 Å². The fraction of sp³-hybridized carbons (Fsp3) is 0.316. The van der Waals surface area contributed by atoms with Crippen molar-refractivity contribution in [2.45, 2.75) is 32.4 Å². The van der Waals surface area contributed by atoms with Gasteiger partial charge in [0.25, 0.3) is 5.97 Å². The van der Waals surface area contributed by atoms with Crippen molar-refractivity contribution in [1.29, 1.82) is 0 Å². The van der Waals surface area contributed by atoms with E-state index in [1.54, 1.807) is 30.3 Å². The van der Waals surface area contributed by atoms with Crippen LogP contribution in [0, 0.1) is 0 Å². The summed E-state index contributed by atoms with van der Waals surface area (Å²) in [4.78, 5) is 9.00. The summed E-state index contributed by atoms with van der Waals surface area (Å²) in [6.07, 6.45) is 0.169. The predicted octanol–water partition coefficient (Wildman–Crippen LogP) is 2.97. The van der Waals surface area contributed by atoms with Gasteiger partial charge in [-0.05, 0) is 55.3 Å². The molecule has 0 aliphatic rings.